The molecule has 0 heterocycles. The van der Waals surface area contributed by atoms with Gasteiger partial charge in [0.05, 0.1) is 30.9 Å². The van der Waals surface area contributed by atoms with Crippen molar-refractivity contribution in [2.75, 3.05) is 31.3 Å². The molecular formula is C36H44N2O7. The van der Waals surface area contributed by atoms with E-state index in [1.54, 1.807) is 72.8 Å². The SMILES string of the molecule is CCCCCOc1ccc(OC(=O)/C=C/c2ccc(C(=O)OCCCCCCCCOC(=O)c3cc(N)cc(N)c3)cc2)cc1. The summed E-state index contributed by atoms with van der Waals surface area (Å²) in [6.07, 6.45) is 11.7. The maximum absolute atomic E-state index is 12.4. The van der Waals surface area contributed by atoms with E-state index >= 15 is 0 Å². The van der Waals surface area contributed by atoms with Gasteiger partial charge in [0.15, 0.2) is 0 Å². The van der Waals surface area contributed by atoms with Gasteiger partial charge in [0.1, 0.15) is 11.5 Å². The standard InChI is InChI=1S/C36H44N2O7/c1-2-3-8-21-42-32-16-18-33(19-17-32)45-34(39)20-13-27-11-14-28(15-12-27)35(40)43-22-9-6-4-5-7-10-23-44-36(41)29-24-30(37)26-31(38)25-29/h11-20,24-26H,2-10,21-23,37-38H2,1H3/b20-13+. The minimum atomic E-state index is -0.501. The number of anilines is 2. The lowest BCUT2D eigenvalue weighted by Gasteiger charge is -2.07. The van der Waals surface area contributed by atoms with Crippen molar-refractivity contribution in [3.63, 3.8) is 0 Å². The fraction of sp³-hybridized carbons (Fsp3) is 0.361. The van der Waals surface area contributed by atoms with Crippen LogP contribution in [0.15, 0.2) is 72.8 Å². The maximum Gasteiger partial charge on any atom is 0.338 e. The van der Waals surface area contributed by atoms with Gasteiger partial charge in [-0.3, -0.25) is 0 Å². The summed E-state index contributed by atoms with van der Waals surface area (Å²) in [5, 5.41) is 0. The highest BCUT2D eigenvalue weighted by atomic mass is 16.5. The summed E-state index contributed by atoms with van der Waals surface area (Å²) >= 11 is 0. The molecular weight excluding hydrogens is 572 g/mol. The van der Waals surface area contributed by atoms with Crippen LogP contribution in [0.1, 0.15) is 91.0 Å². The molecule has 9 heteroatoms. The normalized spacial score (nSPS) is 10.9. The minimum absolute atomic E-state index is 0.341. The minimum Gasteiger partial charge on any atom is -0.494 e. The number of nitrogen functional groups attached to an aromatic ring is 2. The molecule has 0 radical (unpaired) electrons. The number of ether oxygens (including phenoxy) is 4. The van der Waals surface area contributed by atoms with Crippen LogP contribution in [0.5, 0.6) is 11.5 Å². The number of hydrogen-bond donors (Lipinski definition) is 2. The largest absolute Gasteiger partial charge is 0.494 e. The summed E-state index contributed by atoms with van der Waals surface area (Å²) in [6.45, 7) is 3.50. The summed E-state index contributed by atoms with van der Waals surface area (Å²) in [5.41, 5.74) is 13.8. The lowest BCUT2D eigenvalue weighted by molar-refractivity contribution is -0.128. The molecule has 0 atom stereocenters. The van der Waals surface area contributed by atoms with Crippen LogP contribution in [0.4, 0.5) is 11.4 Å². The topological polar surface area (TPSA) is 140 Å². The predicted molar refractivity (Wildman–Crippen MR) is 176 cm³/mol. The molecule has 3 aromatic carbocycles. The van der Waals surface area contributed by atoms with E-state index in [0.29, 0.717) is 48.1 Å². The van der Waals surface area contributed by atoms with Crippen molar-refractivity contribution < 1.29 is 33.3 Å². The molecule has 45 heavy (non-hydrogen) atoms. The predicted octanol–water partition coefficient (Wildman–Crippen LogP) is 7.39. The molecule has 0 saturated carbocycles. The zero-order valence-electron chi connectivity index (χ0n) is 26.0. The lowest BCUT2D eigenvalue weighted by atomic mass is 10.1. The smallest absolute Gasteiger partial charge is 0.338 e. The van der Waals surface area contributed by atoms with Crippen LogP contribution >= 0.6 is 0 Å². The van der Waals surface area contributed by atoms with Crippen molar-refractivity contribution in [1.29, 1.82) is 0 Å². The first-order valence-corrected chi connectivity index (χ1v) is 15.6. The van der Waals surface area contributed by atoms with E-state index in [4.69, 9.17) is 30.4 Å². The van der Waals surface area contributed by atoms with Crippen molar-refractivity contribution in [3.05, 3.63) is 89.5 Å². The van der Waals surface area contributed by atoms with Crippen molar-refractivity contribution in [2.45, 2.75) is 64.7 Å². The zero-order chi connectivity index (χ0) is 32.3. The first-order valence-electron chi connectivity index (χ1n) is 15.6. The molecule has 0 unspecified atom stereocenters. The Morgan fingerprint density at radius 3 is 1.76 bits per heavy atom. The van der Waals surface area contributed by atoms with Gasteiger partial charge in [-0.2, -0.15) is 0 Å². The molecule has 3 rings (SSSR count). The van der Waals surface area contributed by atoms with Crippen LogP contribution in [-0.2, 0) is 14.3 Å². The van der Waals surface area contributed by atoms with Gasteiger partial charge in [0.25, 0.3) is 0 Å². The Hall–Kier alpha value is -4.79. The number of unbranched alkanes of at least 4 members (excludes halogenated alkanes) is 7. The Bertz CT molecular complexity index is 1370. The second-order valence-corrected chi connectivity index (χ2v) is 10.7. The second kappa shape index (κ2) is 19.5. The first-order chi connectivity index (χ1) is 21.8. The molecule has 0 spiro atoms. The molecule has 0 aromatic heterocycles. The lowest BCUT2D eigenvalue weighted by Crippen LogP contribution is -2.08. The van der Waals surface area contributed by atoms with Crippen LogP contribution in [-0.4, -0.2) is 37.7 Å². The summed E-state index contributed by atoms with van der Waals surface area (Å²) in [6, 6.07) is 18.5. The quantitative estimate of drug-likeness (QED) is 0.0463. The van der Waals surface area contributed by atoms with E-state index in [9.17, 15) is 14.4 Å². The first kappa shape index (κ1) is 34.7. The zero-order valence-corrected chi connectivity index (χ0v) is 26.0. The molecule has 240 valence electrons. The van der Waals surface area contributed by atoms with Crippen LogP contribution in [0.25, 0.3) is 6.08 Å². The van der Waals surface area contributed by atoms with Gasteiger partial charge in [0.2, 0.25) is 0 Å². The van der Waals surface area contributed by atoms with Crippen molar-refractivity contribution >= 4 is 35.4 Å². The second-order valence-electron chi connectivity index (χ2n) is 10.7. The highest BCUT2D eigenvalue weighted by Gasteiger charge is 2.09. The van der Waals surface area contributed by atoms with E-state index in [1.165, 1.54) is 6.08 Å². The van der Waals surface area contributed by atoms with Gasteiger partial charge in [-0.25, -0.2) is 14.4 Å². The van der Waals surface area contributed by atoms with Crippen molar-refractivity contribution in [2.24, 2.45) is 0 Å². The number of nitrogens with two attached hydrogens (primary N) is 2. The summed E-state index contributed by atoms with van der Waals surface area (Å²) < 4.78 is 21.7. The third-order valence-corrected chi connectivity index (χ3v) is 6.84. The van der Waals surface area contributed by atoms with E-state index < -0.39 is 11.9 Å². The molecule has 0 bridgehead atoms. The van der Waals surface area contributed by atoms with Gasteiger partial charge in [-0.15, -0.1) is 0 Å². The molecule has 3 aromatic rings. The highest BCUT2D eigenvalue weighted by molar-refractivity contribution is 5.92. The molecule has 0 amide bonds. The molecule has 0 aliphatic heterocycles. The molecule has 9 nitrogen and oxygen atoms in total. The van der Waals surface area contributed by atoms with Crippen LogP contribution < -0.4 is 20.9 Å². The van der Waals surface area contributed by atoms with E-state index in [1.807, 2.05) is 0 Å². The monoisotopic (exact) mass is 616 g/mol. The van der Waals surface area contributed by atoms with Gasteiger partial charge < -0.3 is 30.4 Å². The van der Waals surface area contributed by atoms with E-state index in [0.717, 1.165) is 69.1 Å². The number of carbonyl (C=O) groups is 3. The fourth-order valence-corrected chi connectivity index (χ4v) is 4.39. The van der Waals surface area contributed by atoms with Crippen molar-refractivity contribution in [1.82, 2.24) is 0 Å². The van der Waals surface area contributed by atoms with Crippen molar-refractivity contribution in [3.8, 4) is 11.5 Å². The number of rotatable bonds is 19. The van der Waals surface area contributed by atoms with Crippen LogP contribution in [0.2, 0.25) is 0 Å². The Labute approximate surface area is 265 Å². The highest BCUT2D eigenvalue weighted by Crippen LogP contribution is 2.19. The molecule has 0 aliphatic rings. The molecule has 0 aliphatic carbocycles. The average molecular weight is 617 g/mol. The van der Waals surface area contributed by atoms with Crippen LogP contribution in [0.3, 0.4) is 0 Å². The van der Waals surface area contributed by atoms with E-state index in [-0.39, 0.29) is 5.97 Å². The number of benzene rings is 3. The maximum atomic E-state index is 12.4. The van der Waals surface area contributed by atoms with Gasteiger partial charge in [0, 0.05) is 17.5 Å². The number of carbonyl (C=O) groups excluding carboxylic acids is 3. The van der Waals surface area contributed by atoms with E-state index in [2.05, 4.69) is 6.92 Å². The number of esters is 3. The van der Waals surface area contributed by atoms with Gasteiger partial charge in [-0.1, -0.05) is 57.6 Å². The molecule has 0 saturated heterocycles. The Balaban J connectivity index is 1.24. The molecule has 4 N–H and O–H groups in total. The summed E-state index contributed by atoms with van der Waals surface area (Å²) in [5.74, 6) is -0.135. The van der Waals surface area contributed by atoms with Gasteiger partial charge >= 0.3 is 17.9 Å². The Kier molecular flexibility index (Phi) is 15.0. The average Bonchev–Trinajstić information content (AvgIpc) is 3.03. The number of hydrogen-bond acceptors (Lipinski definition) is 9. The Morgan fingerprint density at radius 1 is 0.622 bits per heavy atom. The third-order valence-electron chi connectivity index (χ3n) is 6.84. The summed E-state index contributed by atoms with van der Waals surface area (Å²) in [7, 11) is 0. The fourth-order valence-electron chi connectivity index (χ4n) is 4.39. The Morgan fingerprint density at radius 2 is 1.16 bits per heavy atom. The van der Waals surface area contributed by atoms with Crippen LogP contribution in [0, 0.1) is 0 Å². The summed E-state index contributed by atoms with van der Waals surface area (Å²) in [4.78, 5) is 36.6. The molecule has 0 fully saturated rings. The van der Waals surface area contributed by atoms with Gasteiger partial charge in [-0.05, 0) is 85.5 Å². The third kappa shape index (κ3) is 13.6.